The number of carbonyl (C=O) groups excluding carboxylic acids is 1. The molecule has 1 fully saturated rings. The largest absolute Gasteiger partial charge is 0.323 e. The number of rotatable bonds is 2. The fourth-order valence-electron chi connectivity index (χ4n) is 2.52. The number of nitrogens with zero attached hydrogens (tertiary/aromatic N) is 3. The molecule has 106 valence electrons. The predicted octanol–water partition coefficient (Wildman–Crippen LogP) is 1.89. The Hall–Kier alpha value is -1.93. The zero-order valence-corrected chi connectivity index (χ0v) is 11.8. The van der Waals surface area contributed by atoms with Gasteiger partial charge in [0.25, 0.3) is 5.91 Å². The Bertz CT molecular complexity index is 544. The lowest BCUT2D eigenvalue weighted by molar-refractivity contribution is 0.0520. The summed E-state index contributed by atoms with van der Waals surface area (Å²) in [5.41, 5.74) is -0.517. The van der Waals surface area contributed by atoms with E-state index in [1.165, 1.54) is 23.1 Å². The Morgan fingerprint density at radius 3 is 2.65 bits per heavy atom. The fourth-order valence-corrected chi connectivity index (χ4v) is 2.52. The summed E-state index contributed by atoms with van der Waals surface area (Å²) in [6.45, 7) is 1.54. The molecular formula is C15H18FN3O. The highest BCUT2D eigenvalue weighted by Gasteiger charge is 2.40. The van der Waals surface area contributed by atoms with Crippen molar-refractivity contribution in [3.05, 3.63) is 35.6 Å². The van der Waals surface area contributed by atoms with Gasteiger partial charge in [-0.05, 0) is 38.1 Å². The van der Waals surface area contributed by atoms with Crippen LogP contribution in [0, 0.1) is 17.1 Å². The summed E-state index contributed by atoms with van der Waals surface area (Å²) < 4.78 is 13.2. The molecule has 0 radical (unpaired) electrons. The maximum Gasteiger partial charge on any atom is 0.254 e. The van der Waals surface area contributed by atoms with Crippen LogP contribution in [0.5, 0.6) is 0 Å². The minimum absolute atomic E-state index is 0.279. The molecule has 0 spiro atoms. The first-order chi connectivity index (χ1) is 9.48. The summed E-state index contributed by atoms with van der Waals surface area (Å²) in [6.07, 6.45) is 1.22. The third kappa shape index (κ3) is 2.66. The van der Waals surface area contributed by atoms with Crippen molar-refractivity contribution >= 4 is 5.91 Å². The van der Waals surface area contributed by atoms with Gasteiger partial charge in [-0.1, -0.05) is 6.07 Å². The minimum Gasteiger partial charge on any atom is -0.323 e. The highest BCUT2D eigenvalue weighted by Crippen LogP contribution is 2.28. The SMILES string of the molecule is CN1CCC(C#N)(N(C)C(=O)c2cccc(F)c2)CC1. The molecule has 1 heterocycles. The molecule has 1 aliphatic heterocycles. The van der Waals surface area contributed by atoms with E-state index in [9.17, 15) is 14.4 Å². The number of amides is 1. The van der Waals surface area contributed by atoms with Gasteiger partial charge in [-0.15, -0.1) is 0 Å². The summed E-state index contributed by atoms with van der Waals surface area (Å²) in [6, 6.07) is 7.87. The average Bonchev–Trinajstić information content (AvgIpc) is 2.47. The van der Waals surface area contributed by atoms with E-state index in [4.69, 9.17) is 0 Å². The van der Waals surface area contributed by atoms with Gasteiger partial charge in [-0.25, -0.2) is 4.39 Å². The van der Waals surface area contributed by atoms with Crippen molar-refractivity contribution in [1.29, 1.82) is 5.26 Å². The summed E-state index contributed by atoms with van der Waals surface area (Å²) in [4.78, 5) is 16.0. The van der Waals surface area contributed by atoms with Crippen LogP contribution >= 0.6 is 0 Å². The quantitative estimate of drug-likeness (QED) is 0.828. The van der Waals surface area contributed by atoms with Crippen molar-refractivity contribution in [3.8, 4) is 6.07 Å². The van der Waals surface area contributed by atoms with Crippen LogP contribution in [0.2, 0.25) is 0 Å². The number of piperidine rings is 1. The van der Waals surface area contributed by atoms with Crippen molar-refractivity contribution in [2.45, 2.75) is 18.4 Å². The average molecular weight is 275 g/mol. The zero-order valence-electron chi connectivity index (χ0n) is 11.8. The normalized spacial score (nSPS) is 18.3. The van der Waals surface area contributed by atoms with Crippen LogP contribution < -0.4 is 0 Å². The number of hydrogen-bond acceptors (Lipinski definition) is 3. The van der Waals surface area contributed by atoms with E-state index in [-0.39, 0.29) is 11.5 Å². The standard InChI is InChI=1S/C15H18FN3O/c1-18-8-6-15(11-17,7-9-18)19(2)14(20)12-4-3-5-13(16)10-12/h3-5,10H,6-9H2,1-2H3. The molecule has 0 aromatic heterocycles. The summed E-state index contributed by atoms with van der Waals surface area (Å²) in [7, 11) is 3.62. The van der Waals surface area contributed by atoms with E-state index >= 15 is 0 Å². The van der Waals surface area contributed by atoms with Crippen molar-refractivity contribution in [3.63, 3.8) is 0 Å². The van der Waals surface area contributed by atoms with E-state index in [0.717, 1.165) is 13.1 Å². The number of carbonyl (C=O) groups is 1. The Labute approximate surface area is 118 Å². The topological polar surface area (TPSA) is 47.3 Å². The van der Waals surface area contributed by atoms with Crippen LogP contribution in [0.25, 0.3) is 0 Å². The lowest BCUT2D eigenvalue weighted by Gasteiger charge is -2.41. The molecule has 1 aromatic carbocycles. The first-order valence-corrected chi connectivity index (χ1v) is 6.62. The number of halogens is 1. The van der Waals surface area contributed by atoms with Crippen LogP contribution in [0.4, 0.5) is 4.39 Å². The second kappa shape index (κ2) is 5.59. The van der Waals surface area contributed by atoms with Crippen LogP contribution in [-0.2, 0) is 0 Å². The van der Waals surface area contributed by atoms with E-state index in [1.807, 2.05) is 7.05 Å². The maximum absolute atomic E-state index is 13.2. The smallest absolute Gasteiger partial charge is 0.254 e. The van der Waals surface area contributed by atoms with E-state index in [0.29, 0.717) is 12.8 Å². The zero-order chi connectivity index (χ0) is 14.8. The summed E-state index contributed by atoms with van der Waals surface area (Å²) in [5.74, 6) is -0.755. The molecule has 0 atom stereocenters. The Balaban J connectivity index is 2.23. The first-order valence-electron chi connectivity index (χ1n) is 6.62. The highest BCUT2D eigenvalue weighted by molar-refractivity contribution is 5.94. The third-order valence-electron chi connectivity index (χ3n) is 4.04. The molecule has 20 heavy (non-hydrogen) atoms. The number of nitriles is 1. The number of benzene rings is 1. The van der Waals surface area contributed by atoms with Crippen molar-refractivity contribution in [2.75, 3.05) is 27.2 Å². The Morgan fingerprint density at radius 1 is 1.45 bits per heavy atom. The summed E-state index contributed by atoms with van der Waals surface area (Å²) in [5, 5.41) is 9.51. The van der Waals surface area contributed by atoms with Crippen molar-refractivity contribution in [2.24, 2.45) is 0 Å². The molecule has 5 heteroatoms. The molecule has 0 unspecified atom stereocenters. The second-order valence-electron chi connectivity index (χ2n) is 5.32. The van der Waals surface area contributed by atoms with Crippen LogP contribution in [0.15, 0.2) is 24.3 Å². The van der Waals surface area contributed by atoms with Gasteiger partial charge >= 0.3 is 0 Å². The van der Waals surface area contributed by atoms with Gasteiger partial charge in [0.2, 0.25) is 0 Å². The number of hydrogen-bond donors (Lipinski definition) is 0. The molecule has 1 amide bonds. The number of likely N-dealkylation sites (tertiary alicyclic amines) is 1. The van der Waals surface area contributed by atoms with Gasteiger partial charge in [-0.2, -0.15) is 5.26 Å². The van der Waals surface area contributed by atoms with Crippen molar-refractivity contribution < 1.29 is 9.18 Å². The van der Waals surface area contributed by atoms with Crippen LogP contribution in [0.1, 0.15) is 23.2 Å². The van der Waals surface area contributed by atoms with Gasteiger partial charge in [0, 0.05) is 25.7 Å². The lowest BCUT2D eigenvalue weighted by Crippen LogP contribution is -2.54. The lowest BCUT2D eigenvalue weighted by atomic mass is 9.87. The van der Waals surface area contributed by atoms with E-state index < -0.39 is 11.4 Å². The molecular weight excluding hydrogens is 257 g/mol. The second-order valence-corrected chi connectivity index (χ2v) is 5.32. The molecule has 2 rings (SSSR count). The maximum atomic E-state index is 13.2. The molecule has 0 bridgehead atoms. The van der Waals surface area contributed by atoms with Crippen LogP contribution in [0.3, 0.4) is 0 Å². The van der Waals surface area contributed by atoms with Crippen LogP contribution in [-0.4, -0.2) is 48.4 Å². The molecule has 1 aliphatic rings. The highest BCUT2D eigenvalue weighted by atomic mass is 19.1. The molecule has 1 saturated heterocycles. The minimum atomic E-state index is -0.796. The monoisotopic (exact) mass is 275 g/mol. The van der Waals surface area contributed by atoms with E-state index in [1.54, 1.807) is 13.1 Å². The Morgan fingerprint density at radius 2 is 2.10 bits per heavy atom. The molecule has 4 nitrogen and oxygen atoms in total. The fraction of sp³-hybridized carbons (Fsp3) is 0.467. The first kappa shape index (κ1) is 14.5. The van der Waals surface area contributed by atoms with Gasteiger partial charge in [0.1, 0.15) is 11.4 Å². The molecule has 0 aliphatic carbocycles. The van der Waals surface area contributed by atoms with Gasteiger partial charge < -0.3 is 9.80 Å². The van der Waals surface area contributed by atoms with Gasteiger partial charge in [0.05, 0.1) is 6.07 Å². The molecule has 1 aromatic rings. The predicted molar refractivity (Wildman–Crippen MR) is 73.6 cm³/mol. The van der Waals surface area contributed by atoms with E-state index in [2.05, 4.69) is 11.0 Å². The summed E-state index contributed by atoms with van der Waals surface area (Å²) >= 11 is 0. The van der Waals surface area contributed by atoms with Gasteiger partial charge in [-0.3, -0.25) is 4.79 Å². The third-order valence-corrected chi connectivity index (χ3v) is 4.04. The molecule has 0 saturated carbocycles. The molecule has 0 N–H and O–H groups in total. The Kier molecular flexibility index (Phi) is 4.05. The van der Waals surface area contributed by atoms with Gasteiger partial charge in [0.15, 0.2) is 0 Å². The van der Waals surface area contributed by atoms with Crippen molar-refractivity contribution in [1.82, 2.24) is 9.80 Å².